The molecule has 0 aliphatic heterocycles. The van der Waals surface area contributed by atoms with Gasteiger partial charge < -0.3 is 4.57 Å². The van der Waals surface area contributed by atoms with Gasteiger partial charge >= 0.3 is 0 Å². The lowest BCUT2D eigenvalue weighted by molar-refractivity contribution is 0.628. The molecule has 0 unspecified atom stereocenters. The molecule has 0 aliphatic carbocycles. The summed E-state index contributed by atoms with van der Waals surface area (Å²) in [5.74, 6) is 0.410. The lowest BCUT2D eigenvalue weighted by Gasteiger charge is -2.10. The quantitative estimate of drug-likeness (QED) is 0.508. The summed E-state index contributed by atoms with van der Waals surface area (Å²) < 4.78 is 16.4. The minimum Gasteiger partial charge on any atom is -0.319 e. The number of hydrogen-bond acceptors (Lipinski definition) is 1. The molecule has 24 heavy (non-hydrogen) atoms. The fourth-order valence-electron chi connectivity index (χ4n) is 2.96. The number of fused-ring (bicyclic) bond motifs is 1. The molecule has 0 fully saturated rings. The van der Waals surface area contributed by atoms with Crippen LogP contribution in [0.2, 0.25) is 0 Å². The summed E-state index contributed by atoms with van der Waals surface area (Å²) in [6.45, 7) is 2.73. The van der Waals surface area contributed by atoms with E-state index in [4.69, 9.17) is 0 Å². The molecule has 0 amide bonds. The van der Waals surface area contributed by atoms with E-state index in [1.165, 1.54) is 17.2 Å². The Morgan fingerprint density at radius 3 is 2.38 bits per heavy atom. The maximum Gasteiger partial charge on any atom is 0.144 e. The van der Waals surface area contributed by atoms with E-state index in [-0.39, 0.29) is 5.82 Å². The molecule has 4 rings (SSSR count). The number of para-hydroxylation sites is 2. The zero-order chi connectivity index (χ0) is 16.5. The minimum atomic E-state index is -0.252. The molecular formula is C21H17FN2. The highest BCUT2D eigenvalue weighted by Gasteiger charge is 2.15. The number of benzene rings is 3. The second kappa shape index (κ2) is 5.93. The average molecular weight is 316 g/mol. The van der Waals surface area contributed by atoms with E-state index in [0.29, 0.717) is 17.9 Å². The van der Waals surface area contributed by atoms with Crippen LogP contribution in [0.25, 0.3) is 22.4 Å². The molecule has 0 saturated heterocycles. The van der Waals surface area contributed by atoms with E-state index in [2.05, 4.69) is 40.7 Å². The standard InChI is InChI=1S/C21H17FN2/c1-15-10-12-16(13-11-15)14-24-20-9-5-4-8-19(20)23-21(24)17-6-2-3-7-18(17)22/h2-13H,14H2,1H3. The molecular weight excluding hydrogens is 299 g/mol. The Hall–Kier alpha value is -2.94. The van der Waals surface area contributed by atoms with E-state index in [1.54, 1.807) is 12.1 Å². The summed E-state index contributed by atoms with van der Waals surface area (Å²) in [5, 5.41) is 0. The van der Waals surface area contributed by atoms with Crippen molar-refractivity contribution in [2.75, 3.05) is 0 Å². The van der Waals surface area contributed by atoms with Crippen molar-refractivity contribution in [2.24, 2.45) is 0 Å². The molecule has 0 N–H and O–H groups in total. The van der Waals surface area contributed by atoms with Crippen LogP contribution in [-0.2, 0) is 6.54 Å². The van der Waals surface area contributed by atoms with Crippen molar-refractivity contribution in [1.82, 2.24) is 9.55 Å². The maximum absolute atomic E-state index is 14.3. The van der Waals surface area contributed by atoms with Crippen molar-refractivity contribution in [2.45, 2.75) is 13.5 Å². The number of hydrogen-bond donors (Lipinski definition) is 0. The number of aryl methyl sites for hydroxylation is 1. The van der Waals surface area contributed by atoms with Gasteiger partial charge in [-0.25, -0.2) is 9.37 Å². The first kappa shape index (κ1) is 14.6. The zero-order valence-electron chi connectivity index (χ0n) is 13.4. The molecule has 1 aromatic heterocycles. The summed E-state index contributed by atoms with van der Waals surface area (Å²) >= 11 is 0. The number of imidazole rings is 1. The topological polar surface area (TPSA) is 17.8 Å². The van der Waals surface area contributed by atoms with Gasteiger partial charge in [0.05, 0.1) is 16.6 Å². The summed E-state index contributed by atoms with van der Waals surface area (Å²) in [4.78, 5) is 4.68. The second-order valence-corrected chi connectivity index (χ2v) is 5.98. The number of rotatable bonds is 3. The van der Waals surface area contributed by atoms with Gasteiger partial charge in [0.2, 0.25) is 0 Å². The van der Waals surface area contributed by atoms with Crippen molar-refractivity contribution >= 4 is 11.0 Å². The summed E-state index contributed by atoms with van der Waals surface area (Å²) in [6, 6.07) is 23.1. The fraction of sp³-hybridized carbons (Fsp3) is 0.0952. The van der Waals surface area contributed by atoms with Crippen LogP contribution in [0.15, 0.2) is 72.8 Å². The summed E-state index contributed by atoms with van der Waals surface area (Å²) in [6.07, 6.45) is 0. The predicted molar refractivity (Wildman–Crippen MR) is 95.4 cm³/mol. The molecule has 2 nitrogen and oxygen atoms in total. The van der Waals surface area contributed by atoms with Gasteiger partial charge in [-0.1, -0.05) is 54.1 Å². The highest BCUT2D eigenvalue weighted by atomic mass is 19.1. The molecule has 0 saturated carbocycles. The number of halogens is 1. The number of nitrogens with zero attached hydrogens (tertiary/aromatic N) is 2. The third-order valence-electron chi connectivity index (χ3n) is 4.23. The van der Waals surface area contributed by atoms with Gasteiger partial charge in [-0.3, -0.25) is 0 Å². The first-order valence-corrected chi connectivity index (χ1v) is 7.98. The van der Waals surface area contributed by atoms with Crippen LogP contribution in [0, 0.1) is 12.7 Å². The third-order valence-corrected chi connectivity index (χ3v) is 4.23. The van der Waals surface area contributed by atoms with Gasteiger partial charge in [0.1, 0.15) is 11.6 Å². The fourth-order valence-corrected chi connectivity index (χ4v) is 2.96. The Bertz CT molecular complexity index is 1000. The lowest BCUT2D eigenvalue weighted by Crippen LogP contribution is -2.03. The van der Waals surface area contributed by atoms with Crippen molar-refractivity contribution in [3.63, 3.8) is 0 Å². The Labute approximate surface area is 140 Å². The smallest absolute Gasteiger partial charge is 0.144 e. The SMILES string of the molecule is Cc1ccc(Cn2c(-c3ccccc3F)nc3ccccc32)cc1. The highest BCUT2D eigenvalue weighted by Crippen LogP contribution is 2.27. The molecule has 0 spiro atoms. The first-order chi connectivity index (χ1) is 11.7. The minimum absolute atomic E-state index is 0.252. The molecule has 1 heterocycles. The van der Waals surface area contributed by atoms with Crippen LogP contribution < -0.4 is 0 Å². The molecule has 4 aromatic rings. The van der Waals surface area contributed by atoms with Crippen LogP contribution in [0.4, 0.5) is 4.39 Å². The largest absolute Gasteiger partial charge is 0.319 e. The van der Waals surface area contributed by atoms with Gasteiger partial charge in [0, 0.05) is 6.54 Å². The van der Waals surface area contributed by atoms with E-state index < -0.39 is 0 Å². The van der Waals surface area contributed by atoms with Crippen LogP contribution in [0.3, 0.4) is 0 Å². The molecule has 0 aliphatic rings. The van der Waals surface area contributed by atoms with Crippen LogP contribution >= 0.6 is 0 Å². The van der Waals surface area contributed by atoms with Crippen molar-refractivity contribution in [3.8, 4) is 11.4 Å². The molecule has 0 bridgehead atoms. The van der Waals surface area contributed by atoms with E-state index in [9.17, 15) is 4.39 Å². The van der Waals surface area contributed by atoms with Gasteiger partial charge in [-0.15, -0.1) is 0 Å². The molecule has 0 radical (unpaired) electrons. The average Bonchev–Trinajstić information content (AvgIpc) is 2.96. The van der Waals surface area contributed by atoms with E-state index >= 15 is 0 Å². The Morgan fingerprint density at radius 2 is 1.58 bits per heavy atom. The van der Waals surface area contributed by atoms with Gasteiger partial charge in [0.15, 0.2) is 0 Å². The molecule has 3 heteroatoms. The molecule has 118 valence electrons. The maximum atomic E-state index is 14.3. The summed E-state index contributed by atoms with van der Waals surface area (Å²) in [5.41, 5.74) is 4.81. The normalized spacial score (nSPS) is 11.1. The summed E-state index contributed by atoms with van der Waals surface area (Å²) in [7, 11) is 0. The Balaban J connectivity index is 1.90. The predicted octanol–water partition coefficient (Wildman–Crippen LogP) is 5.20. The molecule has 3 aromatic carbocycles. The van der Waals surface area contributed by atoms with E-state index in [0.717, 1.165) is 11.0 Å². The van der Waals surface area contributed by atoms with Crippen molar-refractivity contribution in [3.05, 3.63) is 89.7 Å². The lowest BCUT2D eigenvalue weighted by atomic mass is 10.1. The van der Waals surface area contributed by atoms with Gasteiger partial charge in [-0.2, -0.15) is 0 Å². The first-order valence-electron chi connectivity index (χ1n) is 7.98. The van der Waals surface area contributed by atoms with Crippen LogP contribution in [0.1, 0.15) is 11.1 Å². The number of aromatic nitrogens is 2. The van der Waals surface area contributed by atoms with Gasteiger partial charge in [0.25, 0.3) is 0 Å². The van der Waals surface area contributed by atoms with Crippen LogP contribution in [-0.4, -0.2) is 9.55 Å². The monoisotopic (exact) mass is 316 g/mol. The van der Waals surface area contributed by atoms with Crippen molar-refractivity contribution in [1.29, 1.82) is 0 Å². The third kappa shape index (κ3) is 2.58. The van der Waals surface area contributed by atoms with E-state index in [1.807, 2.05) is 30.3 Å². The second-order valence-electron chi connectivity index (χ2n) is 5.98. The highest BCUT2D eigenvalue weighted by molar-refractivity contribution is 5.80. The van der Waals surface area contributed by atoms with Crippen molar-refractivity contribution < 1.29 is 4.39 Å². The van der Waals surface area contributed by atoms with Crippen LogP contribution in [0.5, 0.6) is 0 Å². The van der Waals surface area contributed by atoms with Gasteiger partial charge in [-0.05, 0) is 36.8 Å². The Kier molecular flexibility index (Phi) is 3.62. The molecule has 0 atom stereocenters. The zero-order valence-corrected chi connectivity index (χ0v) is 13.4. The Morgan fingerprint density at radius 1 is 0.875 bits per heavy atom.